The van der Waals surface area contributed by atoms with Crippen LogP contribution in [0.4, 0.5) is 0 Å². The van der Waals surface area contributed by atoms with Gasteiger partial charge in [0, 0.05) is 36.2 Å². The van der Waals surface area contributed by atoms with Crippen molar-refractivity contribution in [3.05, 3.63) is 0 Å². The van der Waals surface area contributed by atoms with Crippen LogP contribution in [-0.4, -0.2) is 45.8 Å². The fraction of sp³-hybridized carbons (Fsp3) is 0.875. The number of thioether (sulfide) groups is 2. The monoisotopic (exact) mass is 221 g/mol. The predicted octanol–water partition coefficient (Wildman–Crippen LogP) is 1.55. The van der Waals surface area contributed by atoms with E-state index in [4.69, 9.17) is 5.11 Å². The summed E-state index contributed by atoms with van der Waals surface area (Å²) in [5, 5.41) is 8.47. The van der Waals surface area contributed by atoms with E-state index in [1.54, 1.807) is 0 Å². The summed E-state index contributed by atoms with van der Waals surface area (Å²) in [6, 6.07) is 0. The maximum absolute atomic E-state index is 10.3. The second kappa shape index (κ2) is 6.56. The van der Waals surface area contributed by atoms with Gasteiger partial charge in [-0.3, -0.25) is 9.69 Å². The average molecular weight is 221 g/mol. The van der Waals surface area contributed by atoms with Crippen LogP contribution in [0.3, 0.4) is 0 Å². The average Bonchev–Trinajstić information content (AvgIpc) is 2.32. The summed E-state index contributed by atoms with van der Waals surface area (Å²) in [4.78, 5) is 12.6. The number of rotatable bonds is 4. The van der Waals surface area contributed by atoms with Crippen LogP contribution in [0, 0.1) is 0 Å². The topological polar surface area (TPSA) is 40.5 Å². The first kappa shape index (κ1) is 11.2. The molecule has 1 aliphatic rings. The lowest BCUT2D eigenvalue weighted by atomic mass is 10.3. The van der Waals surface area contributed by atoms with Gasteiger partial charge in [0.25, 0.3) is 0 Å². The Balaban J connectivity index is 2.08. The Labute approximate surface area is 87.2 Å². The fourth-order valence-corrected chi connectivity index (χ4v) is 3.40. The summed E-state index contributed by atoms with van der Waals surface area (Å²) in [5.41, 5.74) is 0. The minimum Gasteiger partial charge on any atom is -0.481 e. The molecule has 13 heavy (non-hydrogen) atoms. The summed E-state index contributed by atoms with van der Waals surface area (Å²) in [6.07, 6.45) is 1.07. The van der Waals surface area contributed by atoms with Crippen LogP contribution in [0.1, 0.15) is 12.8 Å². The van der Waals surface area contributed by atoms with E-state index < -0.39 is 5.97 Å². The van der Waals surface area contributed by atoms with Crippen molar-refractivity contribution >= 4 is 29.5 Å². The maximum Gasteiger partial charge on any atom is 0.303 e. The van der Waals surface area contributed by atoms with Gasteiger partial charge in [-0.25, -0.2) is 0 Å². The highest BCUT2D eigenvalue weighted by molar-refractivity contribution is 8.03. The lowest BCUT2D eigenvalue weighted by Crippen LogP contribution is -2.23. The Morgan fingerprint density at radius 1 is 1.31 bits per heavy atom. The molecule has 3 nitrogen and oxygen atoms in total. The number of hydrogen-bond donors (Lipinski definition) is 1. The van der Waals surface area contributed by atoms with E-state index in [2.05, 4.69) is 4.90 Å². The third kappa shape index (κ3) is 5.44. The quantitative estimate of drug-likeness (QED) is 0.780. The summed E-state index contributed by atoms with van der Waals surface area (Å²) in [6.45, 7) is 0.923. The van der Waals surface area contributed by atoms with Crippen molar-refractivity contribution in [2.24, 2.45) is 0 Å². The first-order valence-electron chi connectivity index (χ1n) is 4.38. The zero-order valence-electron chi connectivity index (χ0n) is 7.57. The smallest absolute Gasteiger partial charge is 0.303 e. The largest absolute Gasteiger partial charge is 0.481 e. The van der Waals surface area contributed by atoms with E-state index in [1.165, 1.54) is 11.5 Å². The zero-order valence-corrected chi connectivity index (χ0v) is 9.20. The van der Waals surface area contributed by atoms with Gasteiger partial charge in [0.15, 0.2) is 0 Å². The van der Waals surface area contributed by atoms with Gasteiger partial charge in [0.05, 0.1) is 0 Å². The Morgan fingerprint density at radius 3 is 2.46 bits per heavy atom. The van der Waals surface area contributed by atoms with Crippen molar-refractivity contribution in [1.82, 2.24) is 4.90 Å². The molecule has 1 aliphatic heterocycles. The molecule has 1 saturated heterocycles. The van der Waals surface area contributed by atoms with Crippen LogP contribution in [-0.2, 0) is 4.79 Å². The van der Waals surface area contributed by atoms with Crippen molar-refractivity contribution in [3.8, 4) is 0 Å². The van der Waals surface area contributed by atoms with Crippen LogP contribution in [0.15, 0.2) is 0 Å². The van der Waals surface area contributed by atoms with E-state index >= 15 is 0 Å². The predicted molar refractivity (Wildman–Crippen MR) is 58.2 cm³/mol. The molecule has 0 unspecified atom stereocenters. The second-order valence-electron chi connectivity index (χ2n) is 2.97. The molecule has 0 amide bonds. The molecule has 76 valence electrons. The number of nitrogens with zero attached hydrogens (tertiary/aromatic N) is 1. The highest BCUT2D eigenvalue weighted by atomic mass is 32.2. The first-order valence-corrected chi connectivity index (χ1v) is 6.69. The summed E-state index contributed by atoms with van der Waals surface area (Å²) >= 11 is 3.88. The first-order chi connectivity index (χ1) is 6.29. The molecule has 5 heteroatoms. The van der Waals surface area contributed by atoms with Crippen molar-refractivity contribution in [2.75, 3.05) is 29.8 Å². The highest BCUT2D eigenvalue weighted by Crippen LogP contribution is 2.17. The molecule has 1 heterocycles. The number of aliphatic carboxylic acids is 1. The summed E-state index contributed by atoms with van der Waals surface area (Å²) in [7, 11) is 0. The third-order valence-corrected chi connectivity index (χ3v) is 4.12. The van der Waals surface area contributed by atoms with Crippen molar-refractivity contribution in [3.63, 3.8) is 0 Å². The lowest BCUT2D eigenvalue weighted by Gasteiger charge is -2.17. The van der Waals surface area contributed by atoms with Crippen LogP contribution >= 0.6 is 23.5 Å². The van der Waals surface area contributed by atoms with E-state index in [0.29, 0.717) is 6.42 Å². The Bertz CT molecular complexity index is 158. The molecule has 0 saturated carbocycles. The molecule has 0 aliphatic carbocycles. The second-order valence-corrected chi connectivity index (χ2v) is 5.12. The lowest BCUT2D eigenvalue weighted by molar-refractivity contribution is -0.137. The van der Waals surface area contributed by atoms with Gasteiger partial charge in [-0.1, -0.05) is 0 Å². The van der Waals surface area contributed by atoms with Crippen LogP contribution in [0.5, 0.6) is 0 Å². The fourth-order valence-electron chi connectivity index (χ4n) is 1.13. The molecule has 0 aromatic heterocycles. The van der Waals surface area contributed by atoms with Gasteiger partial charge in [-0.2, -0.15) is 0 Å². The molecule has 0 aromatic carbocycles. The Kier molecular flexibility index (Phi) is 5.66. The standard InChI is InChI=1S/C8H15NO2S2/c10-8(11)2-1-3-9-6-12-4-5-13-7-9/h1-7H2,(H,10,11). The van der Waals surface area contributed by atoms with Crippen LogP contribution in [0.25, 0.3) is 0 Å². The van der Waals surface area contributed by atoms with Crippen LogP contribution < -0.4 is 0 Å². The third-order valence-electron chi connectivity index (χ3n) is 1.78. The summed E-state index contributed by atoms with van der Waals surface area (Å²) in [5.74, 6) is 3.88. The molecule has 0 bridgehead atoms. The van der Waals surface area contributed by atoms with E-state index in [9.17, 15) is 4.79 Å². The minimum absolute atomic E-state index is 0.297. The van der Waals surface area contributed by atoms with Gasteiger partial charge in [-0.05, 0) is 6.42 Å². The molecule has 0 spiro atoms. The number of carbonyl (C=O) groups is 1. The van der Waals surface area contributed by atoms with E-state index in [-0.39, 0.29) is 0 Å². The van der Waals surface area contributed by atoms with Crippen molar-refractivity contribution in [1.29, 1.82) is 0 Å². The van der Waals surface area contributed by atoms with Crippen LogP contribution in [0.2, 0.25) is 0 Å². The van der Waals surface area contributed by atoms with Gasteiger partial charge in [-0.15, -0.1) is 23.5 Å². The van der Waals surface area contributed by atoms with E-state index in [1.807, 2.05) is 23.5 Å². The van der Waals surface area contributed by atoms with E-state index in [0.717, 1.165) is 24.7 Å². The molecular weight excluding hydrogens is 206 g/mol. The molecule has 0 radical (unpaired) electrons. The van der Waals surface area contributed by atoms with Gasteiger partial charge >= 0.3 is 5.97 Å². The summed E-state index contributed by atoms with van der Waals surface area (Å²) < 4.78 is 0. The Hall–Kier alpha value is 0.130. The number of hydrogen-bond acceptors (Lipinski definition) is 4. The number of carboxylic acids is 1. The molecule has 1 fully saturated rings. The minimum atomic E-state index is -0.685. The molecule has 1 rings (SSSR count). The number of carboxylic acid groups (broad SMARTS) is 1. The maximum atomic E-state index is 10.3. The highest BCUT2D eigenvalue weighted by Gasteiger charge is 2.09. The molecule has 0 atom stereocenters. The SMILES string of the molecule is O=C(O)CCCN1CSCCSC1. The molecular formula is C8H15NO2S2. The Morgan fingerprint density at radius 2 is 1.92 bits per heavy atom. The molecule has 0 aromatic rings. The van der Waals surface area contributed by atoms with Gasteiger partial charge in [0.2, 0.25) is 0 Å². The van der Waals surface area contributed by atoms with Crippen molar-refractivity contribution in [2.45, 2.75) is 12.8 Å². The van der Waals surface area contributed by atoms with Gasteiger partial charge < -0.3 is 5.11 Å². The van der Waals surface area contributed by atoms with Crippen molar-refractivity contribution < 1.29 is 9.90 Å². The normalized spacial score (nSPS) is 19.7. The zero-order chi connectivity index (χ0) is 9.52. The molecule has 1 N–H and O–H groups in total. The van der Waals surface area contributed by atoms with Gasteiger partial charge in [0.1, 0.15) is 0 Å².